The summed E-state index contributed by atoms with van der Waals surface area (Å²) >= 11 is 1.03. The summed E-state index contributed by atoms with van der Waals surface area (Å²) in [6.45, 7) is 12.9. The van der Waals surface area contributed by atoms with Crippen LogP contribution in [-0.4, -0.2) is 27.7 Å². The van der Waals surface area contributed by atoms with Crippen LogP contribution in [0.2, 0.25) is 0 Å². The second-order valence-corrected chi connectivity index (χ2v) is 11.8. The lowest BCUT2D eigenvalue weighted by Crippen LogP contribution is -2.34. The van der Waals surface area contributed by atoms with Gasteiger partial charge in [0.1, 0.15) is 5.75 Å². The van der Waals surface area contributed by atoms with Crippen molar-refractivity contribution in [3.63, 3.8) is 0 Å². The van der Waals surface area contributed by atoms with Gasteiger partial charge in [0, 0.05) is 17.7 Å². The number of carbonyl (C=O) groups is 2. The van der Waals surface area contributed by atoms with Crippen molar-refractivity contribution < 1.29 is 14.7 Å². The predicted molar refractivity (Wildman–Crippen MR) is 125 cm³/mol. The van der Waals surface area contributed by atoms with Gasteiger partial charge in [0.05, 0.1) is 4.91 Å². The number of hydrogen-bond acceptors (Lipinski definition) is 4. The molecule has 4 nitrogen and oxygen atoms in total. The number of phenolic OH excluding ortho intramolecular Hbond substituents is 1. The summed E-state index contributed by atoms with van der Waals surface area (Å²) in [6, 6.07) is 3.89. The molecule has 1 aliphatic carbocycles. The molecule has 0 bridgehead atoms. The number of imide groups is 1. The first-order valence-electron chi connectivity index (χ1n) is 11.0. The Morgan fingerprint density at radius 1 is 1.00 bits per heavy atom. The molecule has 2 aliphatic rings. The number of carbonyl (C=O) groups excluding carboxylic acids is 2. The van der Waals surface area contributed by atoms with Gasteiger partial charge < -0.3 is 5.11 Å². The minimum Gasteiger partial charge on any atom is -0.507 e. The first-order valence-corrected chi connectivity index (χ1v) is 11.8. The highest BCUT2D eigenvalue weighted by atomic mass is 32.2. The van der Waals surface area contributed by atoms with E-state index in [4.69, 9.17) is 0 Å². The maximum Gasteiger partial charge on any atom is 0.293 e. The van der Waals surface area contributed by atoms with Crippen LogP contribution in [0.4, 0.5) is 4.79 Å². The van der Waals surface area contributed by atoms with Crippen molar-refractivity contribution in [2.45, 2.75) is 84.5 Å². The van der Waals surface area contributed by atoms with Gasteiger partial charge in [0.2, 0.25) is 0 Å². The zero-order chi connectivity index (χ0) is 22.3. The summed E-state index contributed by atoms with van der Waals surface area (Å²) in [4.78, 5) is 27.5. The summed E-state index contributed by atoms with van der Waals surface area (Å²) in [7, 11) is 0. The second kappa shape index (κ2) is 8.41. The maximum absolute atomic E-state index is 13.0. The number of aromatic hydroxyl groups is 1. The molecule has 1 saturated heterocycles. The summed E-state index contributed by atoms with van der Waals surface area (Å²) < 4.78 is 0. The van der Waals surface area contributed by atoms with Crippen LogP contribution in [0.25, 0.3) is 6.08 Å². The van der Waals surface area contributed by atoms with Crippen molar-refractivity contribution in [3.8, 4) is 5.75 Å². The number of thioether (sulfide) groups is 1. The molecule has 30 heavy (non-hydrogen) atoms. The van der Waals surface area contributed by atoms with E-state index in [0.717, 1.165) is 41.3 Å². The van der Waals surface area contributed by atoms with E-state index in [1.54, 1.807) is 0 Å². The predicted octanol–water partition coefficient (Wildman–Crippen LogP) is 6.60. The van der Waals surface area contributed by atoms with E-state index in [2.05, 4.69) is 41.5 Å². The average molecular weight is 430 g/mol. The molecular weight excluding hydrogens is 394 g/mol. The van der Waals surface area contributed by atoms with E-state index in [0.29, 0.717) is 23.1 Å². The summed E-state index contributed by atoms with van der Waals surface area (Å²) in [5.41, 5.74) is 2.07. The Balaban J connectivity index is 1.94. The topological polar surface area (TPSA) is 57.6 Å². The number of benzene rings is 1. The standard InChI is InChI=1S/C25H35NO3S/c1-24(2,3)18-12-17(13-19(21(18)27)25(4,5)6)14-20-22(28)26(23(29)30-20)15-16-10-8-7-9-11-16/h12-14,16,27H,7-11,15H2,1-6H3/b20-14+. The van der Waals surface area contributed by atoms with Gasteiger partial charge in [-0.3, -0.25) is 14.5 Å². The summed E-state index contributed by atoms with van der Waals surface area (Å²) in [6.07, 6.45) is 7.65. The Bertz CT molecular complexity index is 832. The van der Waals surface area contributed by atoms with Gasteiger partial charge in [-0.1, -0.05) is 60.8 Å². The number of phenols is 1. The lowest BCUT2D eigenvalue weighted by atomic mass is 9.78. The maximum atomic E-state index is 13.0. The monoisotopic (exact) mass is 429 g/mol. The van der Waals surface area contributed by atoms with Crippen molar-refractivity contribution in [1.82, 2.24) is 4.90 Å². The summed E-state index contributed by atoms with van der Waals surface area (Å²) in [5, 5.41) is 10.7. The molecule has 164 valence electrons. The van der Waals surface area contributed by atoms with Gasteiger partial charge in [0.15, 0.2) is 0 Å². The molecule has 0 atom stereocenters. The Morgan fingerprint density at radius 3 is 2.03 bits per heavy atom. The van der Waals surface area contributed by atoms with Crippen LogP contribution in [0.5, 0.6) is 5.75 Å². The van der Waals surface area contributed by atoms with Crippen molar-refractivity contribution in [1.29, 1.82) is 0 Å². The molecule has 0 unspecified atom stereocenters. The SMILES string of the molecule is CC(C)(C)c1cc(/C=C2/SC(=O)N(CC3CCCCC3)C2=O)cc(C(C)(C)C)c1O. The quantitative estimate of drug-likeness (QED) is 0.550. The van der Waals surface area contributed by atoms with Gasteiger partial charge in [-0.2, -0.15) is 0 Å². The second-order valence-electron chi connectivity index (χ2n) is 10.8. The molecule has 0 radical (unpaired) electrons. The first kappa shape index (κ1) is 22.9. The Labute approximate surface area is 185 Å². The largest absolute Gasteiger partial charge is 0.507 e. The van der Waals surface area contributed by atoms with Crippen LogP contribution in [0.1, 0.15) is 90.3 Å². The fraction of sp³-hybridized carbons (Fsp3) is 0.600. The van der Waals surface area contributed by atoms with Crippen molar-refractivity contribution in [3.05, 3.63) is 33.7 Å². The number of rotatable bonds is 3. The van der Waals surface area contributed by atoms with Gasteiger partial charge in [0.25, 0.3) is 11.1 Å². The van der Waals surface area contributed by atoms with E-state index in [1.165, 1.54) is 24.2 Å². The van der Waals surface area contributed by atoms with Crippen LogP contribution in [0.3, 0.4) is 0 Å². The van der Waals surface area contributed by atoms with E-state index >= 15 is 0 Å². The third kappa shape index (κ3) is 4.93. The lowest BCUT2D eigenvalue weighted by Gasteiger charge is -2.28. The Kier molecular flexibility index (Phi) is 6.43. The Morgan fingerprint density at radius 2 is 1.53 bits per heavy atom. The molecule has 1 N–H and O–H groups in total. The molecule has 1 aliphatic heterocycles. The average Bonchev–Trinajstić information content (AvgIpc) is 2.89. The Hall–Kier alpha value is -1.75. The zero-order valence-corrected chi connectivity index (χ0v) is 20.0. The highest BCUT2D eigenvalue weighted by Gasteiger charge is 2.37. The minimum absolute atomic E-state index is 0.164. The lowest BCUT2D eigenvalue weighted by molar-refractivity contribution is -0.123. The van der Waals surface area contributed by atoms with E-state index in [1.807, 2.05) is 18.2 Å². The van der Waals surface area contributed by atoms with Crippen molar-refractivity contribution >= 4 is 29.0 Å². The van der Waals surface area contributed by atoms with E-state index in [9.17, 15) is 14.7 Å². The molecule has 2 amide bonds. The highest BCUT2D eigenvalue weighted by Crippen LogP contribution is 2.41. The van der Waals surface area contributed by atoms with Crippen LogP contribution >= 0.6 is 11.8 Å². The van der Waals surface area contributed by atoms with Crippen molar-refractivity contribution in [2.24, 2.45) is 5.92 Å². The smallest absolute Gasteiger partial charge is 0.293 e. The number of nitrogens with zero attached hydrogens (tertiary/aromatic N) is 1. The van der Waals surface area contributed by atoms with E-state index < -0.39 is 0 Å². The number of amides is 2. The van der Waals surface area contributed by atoms with Crippen LogP contribution in [0.15, 0.2) is 17.0 Å². The fourth-order valence-electron chi connectivity index (χ4n) is 4.32. The van der Waals surface area contributed by atoms with Gasteiger partial charge >= 0.3 is 0 Å². The first-order chi connectivity index (χ1) is 13.9. The molecule has 5 heteroatoms. The van der Waals surface area contributed by atoms with Crippen LogP contribution in [0, 0.1) is 5.92 Å². The molecule has 3 rings (SSSR count). The molecule has 0 spiro atoms. The van der Waals surface area contributed by atoms with E-state index in [-0.39, 0.29) is 22.0 Å². The summed E-state index contributed by atoms with van der Waals surface area (Å²) in [5.74, 6) is 0.566. The molecule has 1 aromatic carbocycles. The molecule has 1 saturated carbocycles. The molecule has 1 aromatic rings. The van der Waals surface area contributed by atoms with Gasteiger partial charge in [-0.15, -0.1) is 0 Å². The fourth-order valence-corrected chi connectivity index (χ4v) is 5.17. The van der Waals surface area contributed by atoms with Gasteiger partial charge in [-0.05, 0) is 65.1 Å². The number of hydrogen-bond donors (Lipinski definition) is 1. The van der Waals surface area contributed by atoms with Crippen LogP contribution < -0.4 is 0 Å². The molecule has 0 aromatic heterocycles. The third-order valence-electron chi connectivity index (χ3n) is 6.09. The van der Waals surface area contributed by atoms with Crippen LogP contribution in [-0.2, 0) is 15.6 Å². The molecular formula is C25H35NO3S. The molecule has 1 heterocycles. The highest BCUT2D eigenvalue weighted by molar-refractivity contribution is 8.18. The van der Waals surface area contributed by atoms with Gasteiger partial charge in [-0.25, -0.2) is 0 Å². The van der Waals surface area contributed by atoms with Crippen molar-refractivity contribution in [2.75, 3.05) is 6.54 Å². The minimum atomic E-state index is -0.242. The molecule has 2 fully saturated rings. The zero-order valence-electron chi connectivity index (χ0n) is 19.2. The third-order valence-corrected chi connectivity index (χ3v) is 6.99. The normalized spacial score (nSPS) is 20.5.